The molecule has 0 amide bonds. The monoisotopic (exact) mass is 254 g/mol. The van der Waals surface area contributed by atoms with Gasteiger partial charge >= 0.3 is 6.01 Å². The fourth-order valence-electron chi connectivity index (χ4n) is 1.52. The minimum atomic E-state index is 0.0568. The zero-order valence-electron chi connectivity index (χ0n) is 12.3. The quantitative estimate of drug-likeness (QED) is 0.810. The summed E-state index contributed by atoms with van der Waals surface area (Å²) >= 11 is 0. The Balaban J connectivity index is 2.55. The largest absolute Gasteiger partial charge is 0.407 e. The summed E-state index contributed by atoms with van der Waals surface area (Å²) < 4.78 is 5.67. The Kier molecular flexibility index (Phi) is 5.59. The molecule has 0 saturated carbocycles. The van der Waals surface area contributed by atoms with Crippen molar-refractivity contribution >= 4 is 6.01 Å². The second kappa shape index (κ2) is 6.73. The SMILES string of the molecule is CCCCN(CC)c1nnc(CNC(C)(C)C)o1. The van der Waals surface area contributed by atoms with Crippen LogP contribution in [-0.2, 0) is 6.54 Å². The Hall–Kier alpha value is -1.10. The summed E-state index contributed by atoms with van der Waals surface area (Å²) in [6.07, 6.45) is 2.31. The lowest BCUT2D eigenvalue weighted by atomic mass is 10.1. The first-order chi connectivity index (χ1) is 8.46. The van der Waals surface area contributed by atoms with Crippen LogP contribution < -0.4 is 10.2 Å². The lowest BCUT2D eigenvalue weighted by molar-refractivity contribution is 0.380. The molecule has 18 heavy (non-hydrogen) atoms. The average molecular weight is 254 g/mol. The minimum Gasteiger partial charge on any atom is -0.407 e. The zero-order valence-corrected chi connectivity index (χ0v) is 12.3. The smallest absolute Gasteiger partial charge is 0.318 e. The zero-order chi connectivity index (χ0) is 13.6. The summed E-state index contributed by atoms with van der Waals surface area (Å²) in [5, 5.41) is 11.5. The first kappa shape index (κ1) is 15.0. The Morgan fingerprint density at radius 1 is 1.22 bits per heavy atom. The molecule has 0 unspecified atom stereocenters. The van der Waals surface area contributed by atoms with Crippen molar-refractivity contribution in [1.29, 1.82) is 0 Å². The fraction of sp³-hybridized carbons (Fsp3) is 0.846. The van der Waals surface area contributed by atoms with Crippen molar-refractivity contribution in [2.24, 2.45) is 0 Å². The average Bonchev–Trinajstić information content (AvgIpc) is 2.75. The molecule has 0 saturated heterocycles. The van der Waals surface area contributed by atoms with E-state index in [2.05, 4.69) is 55.0 Å². The molecule has 0 spiro atoms. The summed E-state index contributed by atoms with van der Waals surface area (Å²) in [5.74, 6) is 0.648. The van der Waals surface area contributed by atoms with Crippen molar-refractivity contribution < 1.29 is 4.42 Å². The van der Waals surface area contributed by atoms with Crippen LogP contribution in [-0.4, -0.2) is 28.8 Å². The number of aromatic nitrogens is 2. The third-order valence-corrected chi connectivity index (χ3v) is 2.66. The molecule has 0 aliphatic rings. The molecule has 0 aliphatic carbocycles. The van der Waals surface area contributed by atoms with E-state index < -0.39 is 0 Å². The molecule has 1 rings (SSSR count). The van der Waals surface area contributed by atoms with Gasteiger partial charge in [-0.2, -0.15) is 0 Å². The van der Waals surface area contributed by atoms with E-state index in [1.54, 1.807) is 0 Å². The van der Waals surface area contributed by atoms with Crippen molar-refractivity contribution in [2.45, 2.75) is 59.5 Å². The summed E-state index contributed by atoms with van der Waals surface area (Å²) in [4.78, 5) is 2.12. The molecule has 0 aliphatic heterocycles. The van der Waals surface area contributed by atoms with Gasteiger partial charge in [-0.25, -0.2) is 0 Å². The van der Waals surface area contributed by atoms with E-state index in [0.29, 0.717) is 18.5 Å². The van der Waals surface area contributed by atoms with Gasteiger partial charge in [0, 0.05) is 18.6 Å². The maximum absolute atomic E-state index is 5.67. The summed E-state index contributed by atoms with van der Waals surface area (Å²) in [7, 11) is 0. The van der Waals surface area contributed by atoms with Gasteiger partial charge in [0.05, 0.1) is 6.54 Å². The number of anilines is 1. The molecule has 0 radical (unpaired) electrons. The Morgan fingerprint density at radius 2 is 1.94 bits per heavy atom. The number of nitrogens with zero attached hydrogens (tertiary/aromatic N) is 3. The number of hydrogen-bond donors (Lipinski definition) is 1. The maximum atomic E-state index is 5.67. The predicted molar refractivity (Wildman–Crippen MR) is 73.7 cm³/mol. The topological polar surface area (TPSA) is 54.2 Å². The lowest BCUT2D eigenvalue weighted by Crippen LogP contribution is -2.35. The van der Waals surface area contributed by atoms with Gasteiger partial charge in [-0.3, -0.25) is 0 Å². The molecule has 104 valence electrons. The predicted octanol–water partition coefficient (Wildman–Crippen LogP) is 2.58. The Bertz CT molecular complexity index is 343. The standard InChI is InChI=1S/C13H26N4O/c1-6-8-9-17(7-2)12-16-15-11(18-12)10-14-13(3,4)5/h14H,6-10H2,1-5H3. The third-order valence-electron chi connectivity index (χ3n) is 2.66. The highest BCUT2D eigenvalue weighted by Crippen LogP contribution is 2.13. The van der Waals surface area contributed by atoms with Crippen molar-refractivity contribution in [3.8, 4) is 0 Å². The first-order valence-electron chi connectivity index (χ1n) is 6.78. The highest BCUT2D eigenvalue weighted by molar-refractivity contribution is 5.23. The van der Waals surface area contributed by atoms with Crippen molar-refractivity contribution in [2.75, 3.05) is 18.0 Å². The van der Waals surface area contributed by atoms with Gasteiger partial charge in [-0.05, 0) is 34.1 Å². The van der Waals surface area contributed by atoms with Crippen LogP contribution in [0.25, 0.3) is 0 Å². The maximum Gasteiger partial charge on any atom is 0.318 e. The van der Waals surface area contributed by atoms with Crippen LogP contribution in [0.3, 0.4) is 0 Å². The van der Waals surface area contributed by atoms with Gasteiger partial charge in [-0.15, -0.1) is 5.10 Å². The fourth-order valence-corrected chi connectivity index (χ4v) is 1.52. The molecule has 0 aromatic carbocycles. The van der Waals surface area contributed by atoms with Crippen LogP contribution >= 0.6 is 0 Å². The normalized spacial score (nSPS) is 11.8. The van der Waals surface area contributed by atoms with Gasteiger partial charge in [0.25, 0.3) is 0 Å². The van der Waals surface area contributed by atoms with Crippen LogP contribution in [0.15, 0.2) is 4.42 Å². The van der Waals surface area contributed by atoms with Gasteiger partial charge in [-0.1, -0.05) is 18.4 Å². The van der Waals surface area contributed by atoms with Crippen LogP contribution in [0.1, 0.15) is 53.4 Å². The van der Waals surface area contributed by atoms with E-state index in [0.717, 1.165) is 19.5 Å². The molecular weight excluding hydrogens is 228 g/mol. The van der Waals surface area contributed by atoms with Gasteiger partial charge < -0.3 is 14.6 Å². The van der Waals surface area contributed by atoms with Gasteiger partial charge in [0.1, 0.15) is 0 Å². The van der Waals surface area contributed by atoms with Crippen molar-refractivity contribution in [1.82, 2.24) is 15.5 Å². The van der Waals surface area contributed by atoms with Crippen LogP contribution in [0, 0.1) is 0 Å². The Morgan fingerprint density at radius 3 is 2.50 bits per heavy atom. The Labute approximate surface area is 110 Å². The van der Waals surface area contributed by atoms with E-state index in [-0.39, 0.29) is 5.54 Å². The number of hydrogen-bond acceptors (Lipinski definition) is 5. The number of rotatable bonds is 7. The molecule has 5 heteroatoms. The highest BCUT2D eigenvalue weighted by Gasteiger charge is 2.14. The van der Waals surface area contributed by atoms with Crippen molar-refractivity contribution in [3.63, 3.8) is 0 Å². The van der Waals surface area contributed by atoms with Crippen LogP contribution in [0.4, 0.5) is 6.01 Å². The molecule has 0 bridgehead atoms. The van der Waals surface area contributed by atoms with E-state index in [1.807, 2.05) is 0 Å². The van der Waals surface area contributed by atoms with Gasteiger partial charge in [0.15, 0.2) is 0 Å². The number of unbranched alkanes of at least 4 members (excludes halogenated alkanes) is 1. The highest BCUT2D eigenvalue weighted by atomic mass is 16.4. The number of nitrogens with one attached hydrogen (secondary N) is 1. The molecular formula is C13H26N4O. The molecule has 5 nitrogen and oxygen atoms in total. The van der Waals surface area contributed by atoms with E-state index in [9.17, 15) is 0 Å². The van der Waals surface area contributed by atoms with E-state index in [1.165, 1.54) is 6.42 Å². The molecule has 0 fully saturated rings. The molecule has 1 N–H and O–H groups in total. The molecule has 1 aromatic heterocycles. The second-order valence-corrected chi connectivity index (χ2v) is 5.52. The molecule has 1 aromatic rings. The molecule has 0 atom stereocenters. The summed E-state index contributed by atoms with van der Waals surface area (Å²) in [5.41, 5.74) is 0.0568. The van der Waals surface area contributed by atoms with E-state index in [4.69, 9.17) is 4.42 Å². The van der Waals surface area contributed by atoms with E-state index >= 15 is 0 Å². The van der Waals surface area contributed by atoms with Crippen molar-refractivity contribution in [3.05, 3.63) is 5.89 Å². The minimum absolute atomic E-state index is 0.0568. The van der Waals surface area contributed by atoms with Gasteiger partial charge in [0.2, 0.25) is 5.89 Å². The molecule has 1 heterocycles. The first-order valence-corrected chi connectivity index (χ1v) is 6.78. The third kappa shape index (κ3) is 5.04. The summed E-state index contributed by atoms with van der Waals surface area (Å²) in [6, 6.07) is 0.636. The second-order valence-electron chi connectivity index (χ2n) is 5.52. The summed E-state index contributed by atoms with van der Waals surface area (Å²) in [6.45, 7) is 13.1. The van der Waals surface area contributed by atoms with Crippen LogP contribution in [0.5, 0.6) is 0 Å². The van der Waals surface area contributed by atoms with Crippen LogP contribution in [0.2, 0.25) is 0 Å². The lowest BCUT2D eigenvalue weighted by Gasteiger charge is -2.19.